The molecule has 1 atom stereocenters. The Morgan fingerprint density at radius 1 is 1.08 bits per heavy atom. The lowest BCUT2D eigenvalue weighted by molar-refractivity contribution is -0.150. The first-order valence-corrected chi connectivity index (χ1v) is 11.3. The summed E-state index contributed by atoms with van der Waals surface area (Å²) in [6.45, 7) is 5.54. The van der Waals surface area contributed by atoms with Gasteiger partial charge in [0.15, 0.2) is 9.84 Å². The molecule has 2 aliphatic rings. The maximum Gasteiger partial charge on any atom is 0.237 e. The molecule has 144 valence electrons. The monoisotopic (exact) mass is 372 g/mol. The van der Waals surface area contributed by atoms with E-state index in [-0.39, 0.29) is 35.4 Å². The molecule has 0 aromatic rings. The molecule has 0 aromatic heterocycles. The molecule has 7 heteroatoms. The molecule has 2 amide bonds. The third-order valence-electron chi connectivity index (χ3n) is 5.54. The number of sulfone groups is 1. The van der Waals surface area contributed by atoms with Crippen molar-refractivity contribution in [3.8, 4) is 0 Å². The zero-order chi connectivity index (χ0) is 18.7. The van der Waals surface area contributed by atoms with Gasteiger partial charge in [-0.2, -0.15) is 0 Å². The summed E-state index contributed by atoms with van der Waals surface area (Å²) in [4.78, 5) is 27.4. The Morgan fingerprint density at radius 2 is 1.68 bits per heavy atom. The molecule has 0 radical (unpaired) electrons. The number of nitrogens with zero attached hydrogens (tertiary/aromatic N) is 1. The van der Waals surface area contributed by atoms with E-state index in [0.717, 1.165) is 25.7 Å². The smallest absolute Gasteiger partial charge is 0.237 e. The first-order valence-electron chi connectivity index (χ1n) is 9.50. The van der Waals surface area contributed by atoms with Crippen molar-refractivity contribution < 1.29 is 18.0 Å². The highest BCUT2D eigenvalue weighted by atomic mass is 32.2. The van der Waals surface area contributed by atoms with E-state index < -0.39 is 15.3 Å². The standard InChI is InChI=1S/C18H32N2O4S/c1-4-20(15-11-12-25(23,24)13-15)17(22)18(2,3)16(21)19-14-9-7-5-6-8-10-14/h14-15H,4-13H2,1-3H3,(H,19,21). The lowest BCUT2D eigenvalue weighted by Crippen LogP contribution is -2.54. The second-order valence-electron chi connectivity index (χ2n) is 7.93. The quantitative estimate of drug-likeness (QED) is 0.590. The third kappa shape index (κ3) is 4.96. The molecule has 1 heterocycles. The summed E-state index contributed by atoms with van der Waals surface area (Å²) in [6, 6.07) is -0.170. The number of carbonyl (C=O) groups is 2. The average molecular weight is 373 g/mol. The summed E-state index contributed by atoms with van der Waals surface area (Å²) in [7, 11) is -3.07. The molecule has 2 rings (SSSR count). The van der Waals surface area contributed by atoms with Crippen LogP contribution in [-0.2, 0) is 19.4 Å². The van der Waals surface area contributed by atoms with Crippen molar-refractivity contribution in [2.45, 2.75) is 77.8 Å². The minimum atomic E-state index is -3.07. The van der Waals surface area contributed by atoms with Crippen LogP contribution in [0.3, 0.4) is 0 Å². The van der Waals surface area contributed by atoms with Crippen molar-refractivity contribution in [3.63, 3.8) is 0 Å². The molecule has 25 heavy (non-hydrogen) atoms. The number of hydrogen-bond acceptors (Lipinski definition) is 4. The molecule has 1 saturated carbocycles. The third-order valence-corrected chi connectivity index (χ3v) is 7.29. The van der Waals surface area contributed by atoms with E-state index in [2.05, 4.69) is 5.32 Å². The predicted octanol–water partition coefficient (Wildman–Crippen LogP) is 1.89. The van der Waals surface area contributed by atoms with Gasteiger partial charge in [-0.3, -0.25) is 9.59 Å². The first-order chi connectivity index (χ1) is 11.7. The normalized spacial score (nSPS) is 24.5. The fourth-order valence-corrected chi connectivity index (χ4v) is 5.57. The van der Waals surface area contributed by atoms with Crippen molar-refractivity contribution in [2.75, 3.05) is 18.1 Å². The number of amides is 2. The van der Waals surface area contributed by atoms with Gasteiger partial charge in [-0.25, -0.2) is 8.42 Å². The van der Waals surface area contributed by atoms with Crippen molar-refractivity contribution in [2.24, 2.45) is 5.41 Å². The molecule has 1 saturated heterocycles. The highest BCUT2D eigenvalue weighted by Crippen LogP contribution is 2.26. The van der Waals surface area contributed by atoms with Crippen molar-refractivity contribution in [1.29, 1.82) is 0 Å². The topological polar surface area (TPSA) is 83.6 Å². The van der Waals surface area contributed by atoms with Gasteiger partial charge >= 0.3 is 0 Å². The Morgan fingerprint density at radius 3 is 2.16 bits per heavy atom. The van der Waals surface area contributed by atoms with Crippen LogP contribution in [0.25, 0.3) is 0 Å². The van der Waals surface area contributed by atoms with E-state index in [4.69, 9.17) is 0 Å². The Bertz CT molecular complexity index is 592. The Kier molecular flexibility index (Phi) is 6.51. The van der Waals surface area contributed by atoms with Crippen LogP contribution in [0.2, 0.25) is 0 Å². The van der Waals surface area contributed by atoms with E-state index in [0.29, 0.717) is 13.0 Å². The van der Waals surface area contributed by atoms with Gasteiger partial charge in [-0.05, 0) is 40.0 Å². The number of rotatable bonds is 5. The second-order valence-corrected chi connectivity index (χ2v) is 10.2. The van der Waals surface area contributed by atoms with Gasteiger partial charge in [0.2, 0.25) is 11.8 Å². The van der Waals surface area contributed by atoms with E-state index in [1.54, 1.807) is 18.7 Å². The van der Waals surface area contributed by atoms with E-state index in [1.807, 2.05) is 6.92 Å². The fourth-order valence-electron chi connectivity index (χ4n) is 3.83. The summed E-state index contributed by atoms with van der Waals surface area (Å²) in [6.07, 6.45) is 7.02. The average Bonchev–Trinajstić information content (AvgIpc) is 2.75. The number of carbonyl (C=O) groups excluding carboxylic acids is 2. The second kappa shape index (κ2) is 8.06. The Balaban J connectivity index is 2.04. The molecular weight excluding hydrogens is 340 g/mol. The van der Waals surface area contributed by atoms with Gasteiger partial charge in [0.05, 0.1) is 11.5 Å². The number of nitrogens with one attached hydrogen (secondary N) is 1. The molecular formula is C18H32N2O4S. The van der Waals surface area contributed by atoms with Crippen LogP contribution in [0.1, 0.15) is 65.7 Å². The lowest BCUT2D eigenvalue weighted by Gasteiger charge is -2.34. The van der Waals surface area contributed by atoms with Crippen LogP contribution in [0.15, 0.2) is 0 Å². The van der Waals surface area contributed by atoms with Crippen LogP contribution in [0.4, 0.5) is 0 Å². The van der Waals surface area contributed by atoms with Gasteiger partial charge < -0.3 is 10.2 Å². The van der Waals surface area contributed by atoms with Crippen molar-refractivity contribution >= 4 is 21.7 Å². The maximum absolute atomic E-state index is 13.0. The van der Waals surface area contributed by atoms with Gasteiger partial charge in [0.1, 0.15) is 5.41 Å². The number of hydrogen-bond donors (Lipinski definition) is 1. The summed E-state index contributed by atoms with van der Waals surface area (Å²) in [5.41, 5.74) is -1.19. The minimum absolute atomic E-state index is 0.00685. The first kappa shape index (κ1) is 20.2. The zero-order valence-corrected chi connectivity index (χ0v) is 16.5. The molecule has 6 nitrogen and oxygen atoms in total. The summed E-state index contributed by atoms with van der Waals surface area (Å²) >= 11 is 0. The van der Waals surface area contributed by atoms with Crippen LogP contribution in [0.5, 0.6) is 0 Å². The van der Waals surface area contributed by atoms with Gasteiger partial charge in [-0.1, -0.05) is 25.7 Å². The summed E-state index contributed by atoms with van der Waals surface area (Å²) in [5, 5.41) is 3.06. The Hall–Kier alpha value is -1.11. The molecule has 0 bridgehead atoms. The SMILES string of the molecule is CCN(C(=O)C(C)(C)C(=O)NC1CCCCCC1)C1CCS(=O)(=O)C1. The van der Waals surface area contributed by atoms with Crippen LogP contribution in [-0.4, -0.2) is 55.3 Å². The zero-order valence-electron chi connectivity index (χ0n) is 15.7. The van der Waals surface area contributed by atoms with Crippen molar-refractivity contribution in [1.82, 2.24) is 10.2 Å². The van der Waals surface area contributed by atoms with Crippen LogP contribution >= 0.6 is 0 Å². The maximum atomic E-state index is 13.0. The Labute approximate surface area is 151 Å². The molecule has 1 aliphatic carbocycles. The highest BCUT2D eigenvalue weighted by molar-refractivity contribution is 7.91. The largest absolute Gasteiger partial charge is 0.352 e. The highest BCUT2D eigenvalue weighted by Gasteiger charge is 2.43. The minimum Gasteiger partial charge on any atom is -0.352 e. The van der Waals surface area contributed by atoms with E-state index in [9.17, 15) is 18.0 Å². The lowest BCUT2D eigenvalue weighted by atomic mass is 9.88. The van der Waals surface area contributed by atoms with Gasteiger partial charge in [-0.15, -0.1) is 0 Å². The molecule has 1 unspecified atom stereocenters. The van der Waals surface area contributed by atoms with E-state index in [1.165, 1.54) is 12.8 Å². The molecule has 1 N–H and O–H groups in total. The van der Waals surface area contributed by atoms with Crippen LogP contribution < -0.4 is 5.32 Å². The fraction of sp³-hybridized carbons (Fsp3) is 0.889. The summed E-state index contributed by atoms with van der Waals surface area (Å²) < 4.78 is 23.5. The molecule has 0 aromatic carbocycles. The van der Waals surface area contributed by atoms with Crippen LogP contribution in [0, 0.1) is 5.41 Å². The van der Waals surface area contributed by atoms with Crippen molar-refractivity contribution in [3.05, 3.63) is 0 Å². The molecule has 0 spiro atoms. The van der Waals surface area contributed by atoms with Gasteiger partial charge in [0.25, 0.3) is 0 Å². The van der Waals surface area contributed by atoms with Gasteiger partial charge in [0, 0.05) is 18.6 Å². The predicted molar refractivity (Wildman–Crippen MR) is 97.9 cm³/mol. The molecule has 2 fully saturated rings. The van der Waals surface area contributed by atoms with E-state index >= 15 is 0 Å². The molecule has 1 aliphatic heterocycles. The summed E-state index contributed by atoms with van der Waals surface area (Å²) in [5.74, 6) is -0.393.